The van der Waals surface area contributed by atoms with Gasteiger partial charge in [0.2, 0.25) is 15.9 Å². The third-order valence-corrected chi connectivity index (χ3v) is 6.19. The van der Waals surface area contributed by atoms with E-state index >= 15 is 0 Å². The number of amides is 1. The standard InChI is InChI=1S/C22H18BrClN2O4S/c1-31(29,30)26(18-9-5-8-16(23)12-18)14-21(27)25-20-11-10-17(24)13-19(20)22(28)15-6-3-2-4-7-15/h2-13H,14H2,1H3,(H,25,27). The van der Waals surface area contributed by atoms with Gasteiger partial charge < -0.3 is 5.32 Å². The predicted molar refractivity (Wildman–Crippen MR) is 126 cm³/mol. The Morgan fingerprint density at radius 3 is 2.35 bits per heavy atom. The van der Waals surface area contributed by atoms with Crippen molar-refractivity contribution in [3.8, 4) is 0 Å². The number of ketones is 1. The van der Waals surface area contributed by atoms with Crippen LogP contribution in [0.3, 0.4) is 0 Å². The van der Waals surface area contributed by atoms with Gasteiger partial charge in [0.15, 0.2) is 5.78 Å². The summed E-state index contributed by atoms with van der Waals surface area (Å²) in [7, 11) is -3.73. The van der Waals surface area contributed by atoms with Gasteiger partial charge in [-0.2, -0.15) is 0 Å². The van der Waals surface area contributed by atoms with Gasteiger partial charge in [0.05, 0.1) is 17.6 Å². The minimum atomic E-state index is -3.73. The van der Waals surface area contributed by atoms with Crippen LogP contribution in [0.4, 0.5) is 11.4 Å². The van der Waals surface area contributed by atoms with Crippen molar-refractivity contribution in [2.24, 2.45) is 0 Å². The minimum absolute atomic E-state index is 0.209. The Bertz CT molecular complexity index is 1230. The van der Waals surface area contributed by atoms with Crippen LogP contribution in [0.25, 0.3) is 0 Å². The van der Waals surface area contributed by atoms with Crippen molar-refractivity contribution in [1.82, 2.24) is 0 Å². The van der Waals surface area contributed by atoms with E-state index in [9.17, 15) is 18.0 Å². The summed E-state index contributed by atoms with van der Waals surface area (Å²) in [5, 5.41) is 2.98. The van der Waals surface area contributed by atoms with E-state index in [-0.39, 0.29) is 17.0 Å². The number of sulfonamides is 1. The Hall–Kier alpha value is -2.68. The van der Waals surface area contributed by atoms with E-state index in [1.54, 1.807) is 60.7 Å². The highest BCUT2D eigenvalue weighted by atomic mass is 79.9. The molecular weight excluding hydrogens is 504 g/mol. The molecule has 0 aliphatic carbocycles. The minimum Gasteiger partial charge on any atom is -0.324 e. The van der Waals surface area contributed by atoms with E-state index in [0.717, 1.165) is 10.6 Å². The molecule has 0 saturated carbocycles. The van der Waals surface area contributed by atoms with Crippen LogP contribution in [0.15, 0.2) is 77.3 Å². The predicted octanol–water partition coefficient (Wildman–Crippen LogP) is 4.74. The molecule has 9 heteroatoms. The molecule has 0 radical (unpaired) electrons. The van der Waals surface area contributed by atoms with Crippen molar-refractivity contribution in [1.29, 1.82) is 0 Å². The number of nitrogens with zero attached hydrogens (tertiary/aromatic N) is 1. The largest absolute Gasteiger partial charge is 0.324 e. The summed E-state index contributed by atoms with van der Waals surface area (Å²) in [6.07, 6.45) is 1.02. The van der Waals surface area contributed by atoms with Crippen LogP contribution in [0.1, 0.15) is 15.9 Å². The second kappa shape index (κ2) is 9.64. The molecule has 3 aromatic rings. The Balaban J connectivity index is 1.88. The van der Waals surface area contributed by atoms with E-state index in [2.05, 4.69) is 21.2 Å². The third kappa shape index (κ3) is 5.94. The Labute approximate surface area is 194 Å². The second-order valence-electron chi connectivity index (χ2n) is 6.68. The summed E-state index contributed by atoms with van der Waals surface area (Å²) >= 11 is 9.37. The molecule has 1 N–H and O–H groups in total. The molecule has 1 amide bonds. The number of hydrogen-bond acceptors (Lipinski definition) is 4. The van der Waals surface area contributed by atoms with E-state index in [1.807, 2.05) is 0 Å². The molecule has 6 nitrogen and oxygen atoms in total. The van der Waals surface area contributed by atoms with Crippen molar-refractivity contribution in [2.75, 3.05) is 22.4 Å². The van der Waals surface area contributed by atoms with Gasteiger partial charge in [-0.3, -0.25) is 13.9 Å². The van der Waals surface area contributed by atoms with Crippen molar-refractivity contribution < 1.29 is 18.0 Å². The van der Waals surface area contributed by atoms with Crippen molar-refractivity contribution >= 4 is 60.6 Å². The number of benzene rings is 3. The van der Waals surface area contributed by atoms with Gasteiger partial charge in [0.25, 0.3) is 0 Å². The zero-order valence-corrected chi connectivity index (χ0v) is 19.5. The van der Waals surface area contributed by atoms with E-state index in [1.165, 1.54) is 12.1 Å². The first-order valence-electron chi connectivity index (χ1n) is 9.07. The summed E-state index contributed by atoms with van der Waals surface area (Å²) < 4.78 is 26.3. The molecule has 0 aliphatic rings. The van der Waals surface area contributed by atoms with Gasteiger partial charge in [-0.05, 0) is 36.4 Å². The van der Waals surface area contributed by atoms with Crippen LogP contribution in [0.2, 0.25) is 5.02 Å². The number of carbonyl (C=O) groups is 2. The fourth-order valence-electron chi connectivity index (χ4n) is 2.91. The van der Waals surface area contributed by atoms with Crippen molar-refractivity contribution in [3.05, 3.63) is 93.4 Å². The molecule has 0 spiro atoms. The van der Waals surface area contributed by atoms with Gasteiger partial charge in [-0.25, -0.2) is 8.42 Å². The number of nitrogens with one attached hydrogen (secondary N) is 1. The van der Waals surface area contributed by atoms with Crippen LogP contribution in [-0.2, 0) is 14.8 Å². The van der Waals surface area contributed by atoms with E-state index in [0.29, 0.717) is 20.7 Å². The van der Waals surface area contributed by atoms with Crippen molar-refractivity contribution in [3.63, 3.8) is 0 Å². The highest BCUT2D eigenvalue weighted by molar-refractivity contribution is 9.10. The molecule has 0 fully saturated rings. The molecule has 0 atom stereocenters. The third-order valence-electron chi connectivity index (χ3n) is 4.32. The topological polar surface area (TPSA) is 83.6 Å². The Morgan fingerprint density at radius 2 is 1.71 bits per heavy atom. The lowest BCUT2D eigenvalue weighted by molar-refractivity contribution is -0.114. The number of rotatable bonds is 7. The molecular formula is C22H18BrClN2O4S. The zero-order chi connectivity index (χ0) is 22.6. The summed E-state index contributed by atoms with van der Waals surface area (Å²) in [4.78, 5) is 25.7. The number of halogens is 2. The zero-order valence-electron chi connectivity index (χ0n) is 16.4. The summed E-state index contributed by atoms with van der Waals surface area (Å²) in [5.41, 5.74) is 1.22. The van der Waals surface area contributed by atoms with Crippen LogP contribution >= 0.6 is 27.5 Å². The first-order chi connectivity index (χ1) is 14.6. The maximum atomic E-state index is 12.9. The number of hydrogen-bond donors (Lipinski definition) is 1. The fourth-order valence-corrected chi connectivity index (χ4v) is 4.32. The SMILES string of the molecule is CS(=O)(=O)N(CC(=O)Nc1ccc(Cl)cc1C(=O)c1ccccc1)c1cccc(Br)c1. The van der Waals surface area contributed by atoms with Crippen LogP contribution in [-0.4, -0.2) is 32.9 Å². The molecule has 0 aromatic heterocycles. The van der Waals surface area contributed by atoms with Crippen LogP contribution < -0.4 is 9.62 Å². The Kier molecular flexibility index (Phi) is 7.15. The number of anilines is 2. The monoisotopic (exact) mass is 520 g/mol. The lowest BCUT2D eigenvalue weighted by atomic mass is 10.0. The second-order valence-corrected chi connectivity index (χ2v) is 9.94. The maximum absolute atomic E-state index is 12.9. The average Bonchev–Trinajstić information content (AvgIpc) is 2.72. The molecule has 3 aromatic carbocycles. The first-order valence-corrected chi connectivity index (χ1v) is 12.1. The number of carbonyl (C=O) groups excluding carboxylic acids is 2. The van der Waals surface area contributed by atoms with Crippen LogP contribution in [0.5, 0.6) is 0 Å². The van der Waals surface area contributed by atoms with Crippen molar-refractivity contribution in [2.45, 2.75) is 0 Å². The highest BCUT2D eigenvalue weighted by Crippen LogP contribution is 2.25. The molecule has 0 saturated heterocycles. The highest BCUT2D eigenvalue weighted by Gasteiger charge is 2.22. The van der Waals surface area contributed by atoms with Gasteiger partial charge in [-0.1, -0.05) is 63.9 Å². The average molecular weight is 522 g/mol. The first kappa shape index (κ1) is 23.0. The summed E-state index contributed by atoms with van der Waals surface area (Å²) in [6.45, 7) is -0.461. The molecule has 160 valence electrons. The summed E-state index contributed by atoms with van der Waals surface area (Å²) in [5.74, 6) is -0.916. The fraction of sp³-hybridized carbons (Fsp3) is 0.0909. The van der Waals surface area contributed by atoms with Gasteiger partial charge in [0.1, 0.15) is 6.54 Å². The summed E-state index contributed by atoms with van der Waals surface area (Å²) in [6, 6.07) is 19.7. The molecule has 0 heterocycles. The lowest BCUT2D eigenvalue weighted by Crippen LogP contribution is -2.37. The van der Waals surface area contributed by atoms with Crippen LogP contribution in [0, 0.1) is 0 Å². The lowest BCUT2D eigenvalue weighted by Gasteiger charge is -2.22. The maximum Gasteiger partial charge on any atom is 0.245 e. The molecule has 0 unspecified atom stereocenters. The van der Waals surface area contributed by atoms with Gasteiger partial charge in [-0.15, -0.1) is 0 Å². The normalized spacial score (nSPS) is 11.1. The quantitative estimate of drug-likeness (QED) is 0.455. The van der Waals surface area contributed by atoms with Gasteiger partial charge >= 0.3 is 0 Å². The molecule has 0 bridgehead atoms. The van der Waals surface area contributed by atoms with E-state index < -0.39 is 22.5 Å². The Morgan fingerprint density at radius 1 is 1.00 bits per heavy atom. The molecule has 0 aliphatic heterocycles. The van der Waals surface area contributed by atoms with Gasteiger partial charge in [0, 0.05) is 20.6 Å². The van der Waals surface area contributed by atoms with E-state index in [4.69, 9.17) is 11.6 Å². The molecule has 31 heavy (non-hydrogen) atoms. The molecule has 3 rings (SSSR count). The smallest absolute Gasteiger partial charge is 0.245 e.